The summed E-state index contributed by atoms with van der Waals surface area (Å²) in [4.78, 5) is 10.7. The molecule has 0 spiro atoms. The molecule has 0 aliphatic heterocycles. The van der Waals surface area contributed by atoms with Gasteiger partial charge in [-0.3, -0.25) is 0 Å². The van der Waals surface area contributed by atoms with Crippen LogP contribution in [-0.2, 0) is 6.54 Å². The molecule has 17 heavy (non-hydrogen) atoms. The van der Waals surface area contributed by atoms with Crippen molar-refractivity contribution in [3.05, 3.63) is 23.7 Å². The Hall–Kier alpha value is -1.29. The number of carboxylic acids is 1. The maximum atomic E-state index is 10.7. The first kappa shape index (κ1) is 12.2. The number of aromatic carboxylic acids is 1. The van der Waals surface area contributed by atoms with Crippen molar-refractivity contribution >= 4 is 5.97 Å². The predicted octanol–water partition coefficient (Wildman–Crippen LogP) is 2.79. The van der Waals surface area contributed by atoms with Gasteiger partial charge in [-0.2, -0.15) is 0 Å². The standard InChI is InChI=1S/C13H19NO3/c1-13(7-3-2-4-8-13)14-9-10-5-6-11(17-10)12(15)16/h5-6,14H,2-4,7-9H2,1H3,(H,15,16). The van der Waals surface area contributed by atoms with Crippen LogP contribution < -0.4 is 5.32 Å². The van der Waals surface area contributed by atoms with Gasteiger partial charge in [-0.15, -0.1) is 0 Å². The van der Waals surface area contributed by atoms with E-state index >= 15 is 0 Å². The molecule has 2 rings (SSSR count). The molecule has 1 aliphatic carbocycles. The highest BCUT2D eigenvalue weighted by Crippen LogP contribution is 2.27. The third-order valence-electron chi connectivity index (χ3n) is 3.52. The van der Waals surface area contributed by atoms with E-state index in [2.05, 4.69) is 12.2 Å². The second-order valence-electron chi connectivity index (χ2n) is 5.05. The van der Waals surface area contributed by atoms with Crippen molar-refractivity contribution in [3.63, 3.8) is 0 Å². The highest BCUT2D eigenvalue weighted by molar-refractivity contribution is 5.84. The lowest BCUT2D eigenvalue weighted by molar-refractivity contribution is 0.0660. The highest BCUT2D eigenvalue weighted by Gasteiger charge is 2.26. The first-order chi connectivity index (χ1) is 8.09. The number of furan rings is 1. The van der Waals surface area contributed by atoms with E-state index in [0.29, 0.717) is 12.3 Å². The highest BCUT2D eigenvalue weighted by atomic mass is 16.4. The lowest BCUT2D eigenvalue weighted by Gasteiger charge is -2.34. The van der Waals surface area contributed by atoms with E-state index in [9.17, 15) is 4.79 Å². The molecule has 0 atom stereocenters. The quantitative estimate of drug-likeness (QED) is 0.845. The van der Waals surface area contributed by atoms with E-state index < -0.39 is 5.97 Å². The summed E-state index contributed by atoms with van der Waals surface area (Å²) in [6.45, 7) is 2.83. The Kier molecular flexibility index (Phi) is 3.52. The molecule has 4 nitrogen and oxygen atoms in total. The first-order valence-electron chi connectivity index (χ1n) is 6.16. The SMILES string of the molecule is CC1(NCc2ccc(C(=O)O)o2)CCCCC1. The molecule has 1 saturated carbocycles. The maximum absolute atomic E-state index is 10.7. The minimum atomic E-state index is -1.01. The van der Waals surface area contributed by atoms with Gasteiger partial charge in [0, 0.05) is 5.54 Å². The smallest absolute Gasteiger partial charge is 0.371 e. The molecule has 0 bridgehead atoms. The summed E-state index contributed by atoms with van der Waals surface area (Å²) in [6.07, 6.45) is 6.21. The molecule has 2 N–H and O–H groups in total. The Balaban J connectivity index is 1.90. The van der Waals surface area contributed by atoms with Crippen LogP contribution in [0.3, 0.4) is 0 Å². The topological polar surface area (TPSA) is 62.5 Å². The molecular formula is C13H19NO3. The minimum Gasteiger partial charge on any atom is -0.475 e. The average Bonchev–Trinajstić information content (AvgIpc) is 2.76. The van der Waals surface area contributed by atoms with E-state index in [1.165, 1.54) is 38.2 Å². The summed E-state index contributed by atoms with van der Waals surface area (Å²) in [7, 11) is 0. The molecular weight excluding hydrogens is 218 g/mol. The predicted molar refractivity (Wildman–Crippen MR) is 64.0 cm³/mol. The van der Waals surface area contributed by atoms with Crippen molar-refractivity contribution in [2.45, 2.75) is 51.1 Å². The Morgan fingerprint density at radius 2 is 2.12 bits per heavy atom. The lowest BCUT2D eigenvalue weighted by Crippen LogP contribution is -2.43. The third kappa shape index (κ3) is 3.09. The molecule has 0 amide bonds. The van der Waals surface area contributed by atoms with Crippen molar-refractivity contribution in [3.8, 4) is 0 Å². The first-order valence-corrected chi connectivity index (χ1v) is 6.16. The van der Waals surface area contributed by atoms with E-state index in [1.54, 1.807) is 6.07 Å². The van der Waals surface area contributed by atoms with Crippen molar-refractivity contribution in [2.75, 3.05) is 0 Å². The van der Waals surface area contributed by atoms with Crippen LogP contribution in [0.5, 0.6) is 0 Å². The summed E-state index contributed by atoms with van der Waals surface area (Å²) >= 11 is 0. The summed E-state index contributed by atoms with van der Waals surface area (Å²) in [5.74, 6) is -0.315. The van der Waals surface area contributed by atoms with E-state index in [4.69, 9.17) is 9.52 Å². The van der Waals surface area contributed by atoms with Gasteiger partial charge >= 0.3 is 5.97 Å². The molecule has 1 fully saturated rings. The second kappa shape index (κ2) is 4.92. The number of nitrogens with one attached hydrogen (secondary N) is 1. The fraction of sp³-hybridized carbons (Fsp3) is 0.615. The van der Waals surface area contributed by atoms with Crippen LogP contribution in [0.15, 0.2) is 16.5 Å². The minimum absolute atomic E-state index is 0.00981. The Labute approximate surface area is 101 Å². The normalized spacial score (nSPS) is 19.1. The van der Waals surface area contributed by atoms with Gasteiger partial charge < -0.3 is 14.8 Å². The molecule has 4 heteroatoms. The van der Waals surface area contributed by atoms with Gasteiger partial charge in [0.25, 0.3) is 0 Å². The van der Waals surface area contributed by atoms with Crippen molar-refractivity contribution in [1.82, 2.24) is 5.32 Å². The van der Waals surface area contributed by atoms with Gasteiger partial charge in [-0.05, 0) is 31.9 Å². The maximum Gasteiger partial charge on any atom is 0.371 e. The number of hydrogen-bond donors (Lipinski definition) is 2. The number of rotatable bonds is 4. The van der Waals surface area contributed by atoms with Crippen LogP contribution in [0.4, 0.5) is 0 Å². The van der Waals surface area contributed by atoms with Gasteiger partial charge in [-0.25, -0.2) is 4.79 Å². The Morgan fingerprint density at radius 3 is 2.71 bits per heavy atom. The summed E-state index contributed by atoms with van der Waals surface area (Å²) in [5, 5.41) is 12.2. The van der Waals surface area contributed by atoms with Crippen LogP contribution in [0.2, 0.25) is 0 Å². The molecule has 0 saturated heterocycles. The van der Waals surface area contributed by atoms with Gasteiger partial charge in [-0.1, -0.05) is 19.3 Å². The number of carbonyl (C=O) groups is 1. The van der Waals surface area contributed by atoms with Gasteiger partial charge in [0.05, 0.1) is 6.54 Å². The Bertz CT molecular complexity index is 391. The Morgan fingerprint density at radius 1 is 1.41 bits per heavy atom. The third-order valence-corrected chi connectivity index (χ3v) is 3.52. The van der Waals surface area contributed by atoms with E-state index in [0.717, 1.165) is 0 Å². The number of hydrogen-bond acceptors (Lipinski definition) is 3. The molecule has 94 valence electrons. The largest absolute Gasteiger partial charge is 0.475 e. The zero-order valence-electron chi connectivity index (χ0n) is 10.2. The molecule has 1 aromatic rings. The van der Waals surface area contributed by atoms with E-state index in [-0.39, 0.29) is 11.3 Å². The molecule has 0 radical (unpaired) electrons. The van der Waals surface area contributed by atoms with Crippen LogP contribution in [0.1, 0.15) is 55.3 Å². The van der Waals surface area contributed by atoms with Crippen LogP contribution in [0.25, 0.3) is 0 Å². The van der Waals surface area contributed by atoms with Gasteiger partial charge in [0.15, 0.2) is 0 Å². The lowest BCUT2D eigenvalue weighted by atomic mass is 9.83. The van der Waals surface area contributed by atoms with Crippen molar-refractivity contribution in [2.24, 2.45) is 0 Å². The summed E-state index contributed by atoms with van der Waals surface area (Å²) in [6, 6.07) is 3.23. The molecule has 1 aromatic heterocycles. The fourth-order valence-electron chi connectivity index (χ4n) is 2.40. The molecule has 1 aliphatic rings. The van der Waals surface area contributed by atoms with Crippen LogP contribution >= 0.6 is 0 Å². The monoisotopic (exact) mass is 237 g/mol. The summed E-state index contributed by atoms with van der Waals surface area (Å²) < 4.78 is 5.22. The molecule has 0 aromatic carbocycles. The van der Waals surface area contributed by atoms with Gasteiger partial charge in [0.1, 0.15) is 5.76 Å². The molecule has 1 heterocycles. The van der Waals surface area contributed by atoms with Crippen LogP contribution in [-0.4, -0.2) is 16.6 Å². The van der Waals surface area contributed by atoms with Crippen LogP contribution in [0, 0.1) is 0 Å². The number of carboxylic acid groups (broad SMARTS) is 1. The van der Waals surface area contributed by atoms with Gasteiger partial charge in [0.2, 0.25) is 5.76 Å². The zero-order valence-corrected chi connectivity index (χ0v) is 10.2. The fourth-order valence-corrected chi connectivity index (χ4v) is 2.40. The summed E-state index contributed by atoms with van der Waals surface area (Å²) in [5.41, 5.74) is 0.175. The zero-order chi connectivity index (χ0) is 12.3. The van der Waals surface area contributed by atoms with Crippen molar-refractivity contribution in [1.29, 1.82) is 0 Å². The van der Waals surface area contributed by atoms with E-state index in [1.807, 2.05) is 0 Å². The van der Waals surface area contributed by atoms with Crippen molar-refractivity contribution < 1.29 is 14.3 Å². The molecule has 0 unspecified atom stereocenters. The second-order valence-corrected chi connectivity index (χ2v) is 5.05. The average molecular weight is 237 g/mol.